The molecule has 5 heteroatoms. The van der Waals surface area contributed by atoms with E-state index in [4.69, 9.17) is 5.73 Å². The Morgan fingerprint density at radius 1 is 1.54 bits per heavy atom. The molecule has 1 aliphatic rings. The van der Waals surface area contributed by atoms with Crippen LogP contribution in [0.3, 0.4) is 0 Å². The SMILES string of the molecule is CC(CC(F)(F)F)N1CC[C@H](N)C1. The van der Waals surface area contributed by atoms with Crippen LogP contribution in [0.4, 0.5) is 13.2 Å². The lowest BCUT2D eigenvalue weighted by molar-refractivity contribution is -0.145. The second-order valence-corrected chi connectivity index (χ2v) is 3.71. The molecule has 0 bridgehead atoms. The van der Waals surface area contributed by atoms with Gasteiger partial charge in [0.25, 0.3) is 0 Å². The lowest BCUT2D eigenvalue weighted by Crippen LogP contribution is -2.36. The third-order valence-corrected chi connectivity index (χ3v) is 2.41. The topological polar surface area (TPSA) is 29.3 Å². The molecule has 1 rings (SSSR count). The summed E-state index contributed by atoms with van der Waals surface area (Å²) in [4.78, 5) is 1.80. The fraction of sp³-hybridized carbons (Fsp3) is 1.00. The predicted octanol–water partition coefficient (Wildman–Crippen LogP) is 1.36. The number of nitrogens with zero attached hydrogens (tertiary/aromatic N) is 1. The Morgan fingerprint density at radius 2 is 2.15 bits per heavy atom. The highest BCUT2D eigenvalue weighted by molar-refractivity contribution is 4.82. The van der Waals surface area contributed by atoms with Crippen molar-refractivity contribution in [2.45, 2.75) is 38.0 Å². The first-order chi connectivity index (χ1) is 5.88. The number of hydrogen-bond acceptors (Lipinski definition) is 2. The maximum atomic E-state index is 12.0. The zero-order chi connectivity index (χ0) is 10.1. The van der Waals surface area contributed by atoms with Gasteiger partial charge in [-0.15, -0.1) is 0 Å². The Bertz CT molecular complexity index is 169. The van der Waals surface area contributed by atoms with Gasteiger partial charge in [0, 0.05) is 25.2 Å². The monoisotopic (exact) mass is 196 g/mol. The van der Waals surface area contributed by atoms with Crippen LogP contribution in [0.25, 0.3) is 0 Å². The van der Waals surface area contributed by atoms with Crippen molar-refractivity contribution in [2.24, 2.45) is 5.73 Å². The first kappa shape index (κ1) is 10.8. The molecule has 0 amide bonds. The molecule has 78 valence electrons. The Morgan fingerprint density at radius 3 is 2.54 bits per heavy atom. The van der Waals surface area contributed by atoms with E-state index in [1.165, 1.54) is 0 Å². The van der Waals surface area contributed by atoms with E-state index in [1.54, 1.807) is 11.8 Å². The van der Waals surface area contributed by atoms with E-state index < -0.39 is 18.6 Å². The minimum absolute atomic E-state index is 0.0516. The van der Waals surface area contributed by atoms with Gasteiger partial charge in [0.15, 0.2) is 0 Å². The lowest BCUT2D eigenvalue weighted by atomic mass is 10.2. The number of hydrogen-bond donors (Lipinski definition) is 1. The number of halogens is 3. The summed E-state index contributed by atoms with van der Waals surface area (Å²) in [5, 5.41) is 0. The van der Waals surface area contributed by atoms with Gasteiger partial charge in [-0.2, -0.15) is 13.2 Å². The molecule has 2 nitrogen and oxygen atoms in total. The fourth-order valence-corrected chi connectivity index (χ4v) is 1.68. The Hall–Kier alpha value is -0.290. The van der Waals surface area contributed by atoms with E-state index in [2.05, 4.69) is 0 Å². The van der Waals surface area contributed by atoms with Crippen LogP contribution in [0.1, 0.15) is 19.8 Å². The van der Waals surface area contributed by atoms with Crippen molar-refractivity contribution < 1.29 is 13.2 Å². The molecule has 0 aromatic carbocycles. The summed E-state index contributed by atoms with van der Waals surface area (Å²) >= 11 is 0. The molecule has 1 aliphatic heterocycles. The summed E-state index contributed by atoms with van der Waals surface area (Å²) < 4.78 is 36.0. The Balaban J connectivity index is 2.36. The normalized spacial score (nSPS) is 27.9. The van der Waals surface area contributed by atoms with Crippen molar-refractivity contribution in [1.29, 1.82) is 0 Å². The molecule has 0 aromatic heterocycles. The van der Waals surface area contributed by atoms with Crippen LogP contribution in [0, 0.1) is 0 Å². The molecular formula is C8H15F3N2. The predicted molar refractivity (Wildman–Crippen MR) is 44.3 cm³/mol. The molecule has 1 fully saturated rings. The Kier molecular flexibility index (Phi) is 3.18. The van der Waals surface area contributed by atoms with E-state index in [0.717, 1.165) is 6.42 Å². The third kappa shape index (κ3) is 3.52. The molecule has 0 saturated carbocycles. The smallest absolute Gasteiger partial charge is 0.326 e. The summed E-state index contributed by atoms with van der Waals surface area (Å²) in [7, 11) is 0. The zero-order valence-electron chi connectivity index (χ0n) is 7.64. The van der Waals surface area contributed by atoms with Gasteiger partial charge in [-0.1, -0.05) is 0 Å². The number of likely N-dealkylation sites (tertiary alicyclic amines) is 1. The first-order valence-corrected chi connectivity index (χ1v) is 4.45. The maximum Gasteiger partial charge on any atom is 0.390 e. The highest BCUT2D eigenvalue weighted by Gasteiger charge is 2.34. The van der Waals surface area contributed by atoms with Gasteiger partial charge in [0.1, 0.15) is 0 Å². The number of alkyl halides is 3. The van der Waals surface area contributed by atoms with Gasteiger partial charge in [-0.05, 0) is 13.3 Å². The van der Waals surface area contributed by atoms with Crippen LogP contribution in [-0.2, 0) is 0 Å². The van der Waals surface area contributed by atoms with Gasteiger partial charge in [0.2, 0.25) is 0 Å². The molecule has 2 N–H and O–H groups in total. The summed E-state index contributed by atoms with van der Waals surface area (Å²) in [6.45, 7) is 2.89. The molecule has 1 heterocycles. The second kappa shape index (κ2) is 3.84. The summed E-state index contributed by atoms with van der Waals surface area (Å²) in [6.07, 6.45) is -3.99. The molecule has 2 atom stereocenters. The quantitative estimate of drug-likeness (QED) is 0.722. The average molecular weight is 196 g/mol. The van der Waals surface area contributed by atoms with Crippen molar-refractivity contribution >= 4 is 0 Å². The van der Waals surface area contributed by atoms with Crippen LogP contribution in [0.2, 0.25) is 0 Å². The molecule has 1 unspecified atom stereocenters. The van der Waals surface area contributed by atoms with E-state index in [0.29, 0.717) is 13.1 Å². The van der Waals surface area contributed by atoms with Gasteiger partial charge in [-0.3, -0.25) is 4.90 Å². The van der Waals surface area contributed by atoms with Crippen LogP contribution in [0.15, 0.2) is 0 Å². The van der Waals surface area contributed by atoms with E-state index in [9.17, 15) is 13.2 Å². The summed E-state index contributed by atoms with van der Waals surface area (Å²) in [5.41, 5.74) is 5.60. The van der Waals surface area contributed by atoms with Gasteiger partial charge < -0.3 is 5.73 Å². The van der Waals surface area contributed by atoms with Gasteiger partial charge in [-0.25, -0.2) is 0 Å². The van der Waals surface area contributed by atoms with Crippen LogP contribution in [0.5, 0.6) is 0 Å². The van der Waals surface area contributed by atoms with Crippen molar-refractivity contribution in [3.05, 3.63) is 0 Å². The van der Waals surface area contributed by atoms with Crippen LogP contribution < -0.4 is 5.73 Å². The standard InChI is InChI=1S/C8H15F3N2/c1-6(4-8(9,10)11)13-3-2-7(12)5-13/h6-7H,2-5,12H2,1H3/t6?,7-/m0/s1. The number of nitrogens with two attached hydrogens (primary N) is 1. The van der Waals surface area contributed by atoms with Crippen molar-refractivity contribution in [3.8, 4) is 0 Å². The average Bonchev–Trinajstić information content (AvgIpc) is 2.31. The molecule has 0 spiro atoms. The zero-order valence-corrected chi connectivity index (χ0v) is 7.64. The first-order valence-electron chi connectivity index (χ1n) is 4.45. The van der Waals surface area contributed by atoms with E-state index in [1.807, 2.05) is 0 Å². The fourth-order valence-electron chi connectivity index (χ4n) is 1.68. The molecule has 0 radical (unpaired) electrons. The van der Waals surface area contributed by atoms with E-state index >= 15 is 0 Å². The van der Waals surface area contributed by atoms with E-state index in [-0.39, 0.29) is 6.04 Å². The molecule has 0 aromatic rings. The van der Waals surface area contributed by atoms with Crippen molar-refractivity contribution in [2.75, 3.05) is 13.1 Å². The highest BCUT2D eigenvalue weighted by Crippen LogP contribution is 2.25. The highest BCUT2D eigenvalue weighted by atomic mass is 19.4. The minimum Gasteiger partial charge on any atom is -0.326 e. The third-order valence-electron chi connectivity index (χ3n) is 2.41. The van der Waals surface area contributed by atoms with Crippen LogP contribution in [-0.4, -0.2) is 36.2 Å². The summed E-state index contributed by atoms with van der Waals surface area (Å²) in [6, 6.07) is -0.385. The molecular weight excluding hydrogens is 181 g/mol. The van der Waals surface area contributed by atoms with Crippen molar-refractivity contribution in [3.63, 3.8) is 0 Å². The largest absolute Gasteiger partial charge is 0.390 e. The van der Waals surface area contributed by atoms with Crippen molar-refractivity contribution in [1.82, 2.24) is 4.90 Å². The lowest BCUT2D eigenvalue weighted by Gasteiger charge is -2.24. The minimum atomic E-state index is -4.06. The molecule has 13 heavy (non-hydrogen) atoms. The van der Waals surface area contributed by atoms with Gasteiger partial charge >= 0.3 is 6.18 Å². The molecule has 0 aliphatic carbocycles. The summed E-state index contributed by atoms with van der Waals surface area (Å²) in [5.74, 6) is 0. The van der Waals surface area contributed by atoms with Crippen LogP contribution >= 0.6 is 0 Å². The molecule has 1 saturated heterocycles. The van der Waals surface area contributed by atoms with Gasteiger partial charge in [0.05, 0.1) is 6.42 Å². The Labute approximate surface area is 75.9 Å². The number of rotatable bonds is 2. The maximum absolute atomic E-state index is 12.0. The second-order valence-electron chi connectivity index (χ2n) is 3.71.